The highest BCUT2D eigenvalue weighted by Crippen LogP contribution is 2.21. The summed E-state index contributed by atoms with van der Waals surface area (Å²) < 4.78 is 2.86. The summed E-state index contributed by atoms with van der Waals surface area (Å²) in [6.07, 6.45) is 7.28. The molecule has 0 aromatic carbocycles. The van der Waals surface area contributed by atoms with Gasteiger partial charge in [0.25, 0.3) is 5.91 Å². The van der Waals surface area contributed by atoms with Crippen molar-refractivity contribution >= 4 is 27.5 Å². The summed E-state index contributed by atoms with van der Waals surface area (Å²) in [5, 5.41) is 3.03. The number of hydrogen-bond donors (Lipinski definition) is 1. The van der Waals surface area contributed by atoms with Crippen molar-refractivity contribution in [3.05, 3.63) is 33.7 Å². The molecule has 0 radical (unpaired) electrons. The fraction of sp³-hybridized carbons (Fsp3) is 0.529. The summed E-state index contributed by atoms with van der Waals surface area (Å²) in [5.74, 6) is -0.0293. The highest BCUT2D eigenvalue weighted by atomic mass is 79.9. The zero-order valence-electron chi connectivity index (χ0n) is 13.6. The molecular weight excluding hydrogens is 342 g/mol. The van der Waals surface area contributed by atoms with Crippen molar-refractivity contribution in [1.82, 2.24) is 14.7 Å². The topological polar surface area (TPSA) is 46.4 Å². The summed E-state index contributed by atoms with van der Waals surface area (Å²) in [5.41, 5.74) is 3.44. The Kier molecular flexibility index (Phi) is 6.00. The van der Waals surface area contributed by atoms with E-state index in [0.717, 1.165) is 47.2 Å². The molecule has 0 unspecified atom stereocenters. The number of pyridine rings is 1. The molecule has 0 aliphatic rings. The Morgan fingerprint density at radius 2 is 2.09 bits per heavy atom. The molecule has 0 aliphatic carbocycles. The van der Waals surface area contributed by atoms with Gasteiger partial charge in [0, 0.05) is 17.2 Å². The van der Waals surface area contributed by atoms with E-state index in [1.165, 1.54) is 12.8 Å². The Morgan fingerprint density at radius 3 is 2.77 bits per heavy atom. The van der Waals surface area contributed by atoms with E-state index >= 15 is 0 Å². The van der Waals surface area contributed by atoms with Crippen LogP contribution in [-0.4, -0.2) is 21.8 Å². The fourth-order valence-electron chi connectivity index (χ4n) is 2.64. The van der Waals surface area contributed by atoms with Crippen molar-refractivity contribution in [3.63, 3.8) is 0 Å². The van der Waals surface area contributed by atoms with Crippen molar-refractivity contribution in [3.8, 4) is 0 Å². The van der Waals surface area contributed by atoms with Crippen LogP contribution >= 0.6 is 15.9 Å². The number of nitrogens with one attached hydrogen (secondary N) is 1. The van der Waals surface area contributed by atoms with Gasteiger partial charge in [0.2, 0.25) is 0 Å². The first-order chi connectivity index (χ1) is 10.6. The quantitative estimate of drug-likeness (QED) is 0.744. The van der Waals surface area contributed by atoms with Crippen molar-refractivity contribution < 1.29 is 4.79 Å². The lowest BCUT2D eigenvalue weighted by Crippen LogP contribution is -2.26. The number of fused-ring (bicyclic) bond motifs is 1. The van der Waals surface area contributed by atoms with Crippen molar-refractivity contribution in [1.29, 1.82) is 0 Å². The summed E-state index contributed by atoms with van der Waals surface area (Å²) >= 11 is 3.50. The maximum atomic E-state index is 12.6. The van der Waals surface area contributed by atoms with Crippen LogP contribution < -0.4 is 5.32 Å². The molecule has 4 nitrogen and oxygen atoms in total. The molecule has 2 heterocycles. The minimum Gasteiger partial charge on any atom is -0.351 e. The van der Waals surface area contributed by atoms with Crippen LogP contribution in [-0.2, 0) is 6.42 Å². The Bertz CT molecular complexity index is 663. The molecule has 0 saturated carbocycles. The number of rotatable bonds is 7. The maximum absolute atomic E-state index is 12.6. The second kappa shape index (κ2) is 7.77. The average molecular weight is 366 g/mol. The molecule has 0 fully saturated rings. The molecule has 5 heteroatoms. The van der Waals surface area contributed by atoms with E-state index in [1.54, 1.807) is 0 Å². The van der Waals surface area contributed by atoms with E-state index in [0.29, 0.717) is 5.69 Å². The van der Waals surface area contributed by atoms with Crippen molar-refractivity contribution in [2.24, 2.45) is 0 Å². The Hall–Kier alpha value is -1.36. The molecule has 2 rings (SSSR count). The first-order valence-corrected chi connectivity index (χ1v) is 8.83. The van der Waals surface area contributed by atoms with Crippen molar-refractivity contribution in [2.75, 3.05) is 6.54 Å². The van der Waals surface area contributed by atoms with Crippen LogP contribution in [0.25, 0.3) is 5.65 Å². The summed E-state index contributed by atoms with van der Waals surface area (Å²) in [6.45, 7) is 6.95. The average Bonchev–Trinajstić information content (AvgIpc) is 2.85. The number of nitrogens with zero attached hydrogens (tertiary/aromatic N) is 2. The van der Waals surface area contributed by atoms with E-state index in [9.17, 15) is 4.79 Å². The van der Waals surface area contributed by atoms with Gasteiger partial charge in [-0.15, -0.1) is 0 Å². The van der Waals surface area contributed by atoms with Gasteiger partial charge in [0.15, 0.2) is 0 Å². The van der Waals surface area contributed by atoms with Crippen LogP contribution in [0.1, 0.15) is 61.3 Å². The van der Waals surface area contributed by atoms with E-state index in [4.69, 9.17) is 0 Å². The lowest BCUT2D eigenvalue weighted by atomic mass is 10.2. The summed E-state index contributed by atoms with van der Waals surface area (Å²) in [6, 6.07) is 2.02. The van der Waals surface area contributed by atoms with Crippen LogP contribution in [0, 0.1) is 6.92 Å². The van der Waals surface area contributed by atoms with Gasteiger partial charge in [-0.05, 0) is 47.3 Å². The Labute approximate surface area is 140 Å². The number of carbonyl (C=O) groups is 1. The SMILES string of the molecule is CCCCCCNC(=O)c1c(CC)nc2c(C)cc(Br)cn12. The van der Waals surface area contributed by atoms with Gasteiger partial charge in [-0.3, -0.25) is 9.20 Å². The number of aryl methyl sites for hydroxylation is 2. The standard InChI is InChI=1S/C17H24BrN3O/c1-4-6-7-8-9-19-17(22)15-14(5-2)20-16-12(3)10-13(18)11-21(15)16/h10-11H,4-9H2,1-3H3,(H,19,22). The summed E-state index contributed by atoms with van der Waals surface area (Å²) in [7, 11) is 0. The second-order valence-corrected chi connectivity index (χ2v) is 6.53. The fourth-order valence-corrected chi connectivity index (χ4v) is 3.19. The van der Waals surface area contributed by atoms with Gasteiger partial charge in [0.1, 0.15) is 11.3 Å². The molecule has 0 spiro atoms. The molecule has 22 heavy (non-hydrogen) atoms. The van der Waals surface area contributed by atoms with E-state index in [1.807, 2.05) is 30.5 Å². The molecule has 2 aromatic heterocycles. The van der Waals surface area contributed by atoms with Crippen LogP contribution in [0.5, 0.6) is 0 Å². The van der Waals surface area contributed by atoms with Gasteiger partial charge in [-0.1, -0.05) is 33.1 Å². The van der Waals surface area contributed by atoms with Gasteiger partial charge in [-0.2, -0.15) is 0 Å². The van der Waals surface area contributed by atoms with Crippen LogP contribution in [0.3, 0.4) is 0 Å². The van der Waals surface area contributed by atoms with Crippen LogP contribution in [0.4, 0.5) is 0 Å². The molecule has 0 bridgehead atoms. The lowest BCUT2D eigenvalue weighted by Gasteiger charge is -2.07. The Morgan fingerprint density at radius 1 is 1.32 bits per heavy atom. The normalized spacial score (nSPS) is 11.1. The number of imidazole rings is 1. The van der Waals surface area contributed by atoms with Crippen molar-refractivity contribution in [2.45, 2.75) is 52.9 Å². The first kappa shape index (κ1) is 17.0. The molecule has 2 aromatic rings. The van der Waals surface area contributed by atoms with Gasteiger partial charge in [-0.25, -0.2) is 4.98 Å². The molecule has 120 valence electrons. The van der Waals surface area contributed by atoms with Gasteiger partial charge < -0.3 is 5.32 Å². The number of halogens is 1. The van der Waals surface area contributed by atoms with E-state index in [2.05, 4.69) is 33.2 Å². The largest absolute Gasteiger partial charge is 0.351 e. The van der Waals surface area contributed by atoms with Gasteiger partial charge >= 0.3 is 0 Å². The number of aromatic nitrogens is 2. The molecular formula is C17H24BrN3O. The lowest BCUT2D eigenvalue weighted by molar-refractivity contribution is 0.0946. The summed E-state index contributed by atoms with van der Waals surface area (Å²) in [4.78, 5) is 17.2. The number of carbonyl (C=O) groups excluding carboxylic acids is 1. The second-order valence-electron chi connectivity index (χ2n) is 5.61. The van der Waals surface area contributed by atoms with E-state index in [-0.39, 0.29) is 5.91 Å². The third-order valence-electron chi connectivity index (χ3n) is 3.81. The number of hydrogen-bond acceptors (Lipinski definition) is 2. The molecule has 1 N–H and O–H groups in total. The third-order valence-corrected chi connectivity index (χ3v) is 4.24. The zero-order chi connectivity index (χ0) is 16.1. The molecule has 0 aliphatic heterocycles. The number of unbranched alkanes of at least 4 members (excludes halogenated alkanes) is 3. The minimum absolute atomic E-state index is 0.0293. The Balaban J connectivity index is 2.23. The molecule has 0 atom stereocenters. The predicted octanol–water partition coefficient (Wildman–Crippen LogP) is 4.28. The smallest absolute Gasteiger partial charge is 0.270 e. The predicted molar refractivity (Wildman–Crippen MR) is 93.5 cm³/mol. The van der Waals surface area contributed by atoms with Gasteiger partial charge in [0.05, 0.1) is 5.69 Å². The zero-order valence-corrected chi connectivity index (χ0v) is 15.2. The van der Waals surface area contributed by atoms with Crippen LogP contribution in [0.2, 0.25) is 0 Å². The first-order valence-electron chi connectivity index (χ1n) is 8.03. The molecule has 1 amide bonds. The highest BCUT2D eigenvalue weighted by Gasteiger charge is 2.19. The monoisotopic (exact) mass is 365 g/mol. The van der Waals surface area contributed by atoms with E-state index < -0.39 is 0 Å². The third kappa shape index (κ3) is 3.69. The minimum atomic E-state index is -0.0293. The number of amides is 1. The highest BCUT2D eigenvalue weighted by molar-refractivity contribution is 9.10. The van der Waals surface area contributed by atoms with Crippen LogP contribution in [0.15, 0.2) is 16.7 Å². The molecule has 0 saturated heterocycles. The maximum Gasteiger partial charge on any atom is 0.270 e.